The molecule has 1 rings (SSSR count). The maximum Gasteiger partial charge on any atom is 0.587 e. The van der Waals surface area contributed by atoms with E-state index in [-0.39, 0.29) is 11.7 Å². The fourth-order valence-corrected chi connectivity index (χ4v) is 1.97. The summed E-state index contributed by atoms with van der Waals surface area (Å²) in [7, 11) is -4.51. The summed E-state index contributed by atoms with van der Waals surface area (Å²) in [5.74, 6) is -1.03. The highest BCUT2D eigenvalue weighted by atomic mass is 31.2. The van der Waals surface area contributed by atoms with Crippen molar-refractivity contribution < 1.29 is 23.3 Å². The van der Waals surface area contributed by atoms with Crippen molar-refractivity contribution in [3.8, 4) is 5.75 Å². The number of carbonyl (C=O) groups is 1. The Morgan fingerprint density at radius 3 is 2.32 bits per heavy atom. The fraction of sp³-hybridized carbons (Fsp3) is 0.417. The molecular weight excluding hydrogens is 269 g/mol. The maximum absolute atomic E-state index is 11.6. The van der Waals surface area contributed by atoms with Crippen LogP contribution >= 0.6 is 7.82 Å². The van der Waals surface area contributed by atoms with Crippen LogP contribution in [0.25, 0.3) is 0 Å². The van der Waals surface area contributed by atoms with E-state index in [4.69, 9.17) is 10.3 Å². The van der Waals surface area contributed by atoms with Gasteiger partial charge in [-0.25, -0.2) is 9.36 Å². The lowest BCUT2D eigenvalue weighted by molar-refractivity contribution is -0.138. The molecule has 0 fully saturated rings. The number of benzene rings is 1. The smallest absolute Gasteiger partial charge is 0.395 e. The molecule has 0 spiro atoms. The third kappa shape index (κ3) is 5.03. The number of hydrogen-bond acceptors (Lipinski definition) is 5. The van der Waals surface area contributed by atoms with Crippen LogP contribution in [0.2, 0.25) is 0 Å². The molecule has 7 heteroatoms. The van der Waals surface area contributed by atoms with Crippen molar-refractivity contribution in [1.82, 2.24) is 0 Å². The summed E-state index contributed by atoms with van der Waals surface area (Å²) >= 11 is 0. The van der Waals surface area contributed by atoms with E-state index in [2.05, 4.69) is 4.52 Å². The average Bonchev–Trinajstić information content (AvgIpc) is 2.30. The molecule has 0 radical (unpaired) electrons. The van der Waals surface area contributed by atoms with Crippen LogP contribution in [0.4, 0.5) is 0 Å². The SMILES string of the molecule is Cc1ccc(OP(=O)(O)OC(=O)[C@@H](N)C(C)C)cc1. The van der Waals surface area contributed by atoms with Crippen LogP contribution < -0.4 is 10.3 Å². The minimum atomic E-state index is -4.51. The Labute approximate surface area is 112 Å². The van der Waals surface area contributed by atoms with Crippen molar-refractivity contribution in [2.24, 2.45) is 11.7 Å². The van der Waals surface area contributed by atoms with Gasteiger partial charge in [-0.1, -0.05) is 31.5 Å². The molecule has 0 saturated carbocycles. The number of rotatable bonds is 5. The van der Waals surface area contributed by atoms with Gasteiger partial charge in [0, 0.05) is 0 Å². The van der Waals surface area contributed by atoms with Crippen LogP contribution in [-0.2, 0) is 13.9 Å². The first-order valence-corrected chi connectivity index (χ1v) is 7.29. The molecule has 106 valence electrons. The Balaban J connectivity index is 2.69. The van der Waals surface area contributed by atoms with Gasteiger partial charge in [0.2, 0.25) is 0 Å². The largest absolute Gasteiger partial charge is 0.587 e. The van der Waals surface area contributed by atoms with Crippen molar-refractivity contribution in [3.63, 3.8) is 0 Å². The van der Waals surface area contributed by atoms with Crippen LogP contribution in [0.3, 0.4) is 0 Å². The number of hydrogen-bond donors (Lipinski definition) is 2. The minimum absolute atomic E-state index is 0.141. The van der Waals surface area contributed by atoms with E-state index in [0.29, 0.717) is 0 Å². The van der Waals surface area contributed by atoms with Crippen LogP contribution in [0.5, 0.6) is 5.75 Å². The van der Waals surface area contributed by atoms with Gasteiger partial charge in [-0.2, -0.15) is 0 Å². The summed E-state index contributed by atoms with van der Waals surface area (Å²) in [6.45, 7) is 5.27. The predicted molar refractivity (Wildman–Crippen MR) is 70.5 cm³/mol. The molecule has 1 aromatic rings. The summed E-state index contributed by atoms with van der Waals surface area (Å²) < 4.78 is 20.8. The van der Waals surface area contributed by atoms with E-state index in [0.717, 1.165) is 5.56 Å². The first-order valence-electron chi connectivity index (χ1n) is 5.79. The van der Waals surface area contributed by atoms with E-state index in [1.54, 1.807) is 26.0 Å². The van der Waals surface area contributed by atoms with E-state index in [9.17, 15) is 14.3 Å². The molecule has 1 unspecified atom stereocenters. The molecule has 0 aromatic heterocycles. The highest BCUT2D eigenvalue weighted by molar-refractivity contribution is 7.48. The second-order valence-corrected chi connectivity index (χ2v) is 5.86. The normalized spacial score (nSPS) is 15.7. The summed E-state index contributed by atoms with van der Waals surface area (Å²) in [5, 5.41) is 0. The maximum atomic E-state index is 11.6. The molecule has 0 aliphatic rings. The van der Waals surface area contributed by atoms with Crippen molar-refractivity contribution in [2.75, 3.05) is 0 Å². The first kappa shape index (κ1) is 15.7. The zero-order valence-corrected chi connectivity index (χ0v) is 12.0. The van der Waals surface area contributed by atoms with Gasteiger partial charge in [-0.3, -0.25) is 4.89 Å². The standard InChI is InChI=1S/C12H18NO5P/c1-8(2)11(13)12(14)18-19(15,16)17-10-6-4-9(3)5-7-10/h4-8,11H,13H2,1-3H3,(H,15,16)/t11-/m0/s1. The monoisotopic (exact) mass is 287 g/mol. The lowest BCUT2D eigenvalue weighted by Gasteiger charge is -2.17. The number of nitrogens with two attached hydrogens (primary N) is 1. The Kier molecular flexibility index (Phi) is 5.11. The zero-order chi connectivity index (χ0) is 14.6. The summed E-state index contributed by atoms with van der Waals surface area (Å²) in [6.07, 6.45) is 0. The van der Waals surface area contributed by atoms with Gasteiger partial charge in [-0.05, 0) is 25.0 Å². The number of aryl methyl sites for hydroxylation is 1. The second kappa shape index (κ2) is 6.19. The Hall–Kier alpha value is -1.36. The van der Waals surface area contributed by atoms with E-state index >= 15 is 0 Å². The fourth-order valence-electron chi connectivity index (χ4n) is 1.20. The van der Waals surface area contributed by atoms with Crippen molar-refractivity contribution in [1.29, 1.82) is 0 Å². The van der Waals surface area contributed by atoms with Gasteiger partial charge >= 0.3 is 13.8 Å². The highest BCUT2D eigenvalue weighted by Gasteiger charge is 2.31. The quantitative estimate of drug-likeness (QED) is 0.804. The molecule has 0 heterocycles. The lowest BCUT2D eigenvalue weighted by Crippen LogP contribution is -2.36. The Morgan fingerprint density at radius 2 is 1.84 bits per heavy atom. The van der Waals surface area contributed by atoms with Crippen molar-refractivity contribution in [3.05, 3.63) is 29.8 Å². The van der Waals surface area contributed by atoms with Gasteiger partial charge in [0.15, 0.2) is 0 Å². The van der Waals surface area contributed by atoms with Crippen molar-refractivity contribution >= 4 is 13.8 Å². The molecule has 0 bridgehead atoms. The van der Waals surface area contributed by atoms with Gasteiger partial charge in [0.25, 0.3) is 0 Å². The second-order valence-electron chi connectivity index (χ2n) is 4.55. The molecule has 19 heavy (non-hydrogen) atoms. The molecule has 3 N–H and O–H groups in total. The van der Waals surface area contributed by atoms with Crippen LogP contribution in [0.1, 0.15) is 19.4 Å². The van der Waals surface area contributed by atoms with Gasteiger partial charge in [0.1, 0.15) is 11.8 Å². The van der Waals surface area contributed by atoms with Crippen LogP contribution in [-0.4, -0.2) is 16.9 Å². The molecule has 2 atom stereocenters. The van der Waals surface area contributed by atoms with Gasteiger partial charge in [0.05, 0.1) is 0 Å². The first-order chi connectivity index (χ1) is 8.71. The molecular formula is C12H18NO5P. The van der Waals surface area contributed by atoms with Crippen LogP contribution in [0.15, 0.2) is 24.3 Å². The molecule has 0 amide bonds. The van der Waals surface area contributed by atoms with E-state index < -0.39 is 19.8 Å². The molecule has 6 nitrogen and oxygen atoms in total. The molecule has 0 aliphatic carbocycles. The number of phosphoric acid groups is 1. The molecule has 0 aliphatic heterocycles. The third-order valence-corrected chi connectivity index (χ3v) is 3.29. The van der Waals surface area contributed by atoms with E-state index in [1.165, 1.54) is 12.1 Å². The van der Waals surface area contributed by atoms with Crippen molar-refractivity contribution in [2.45, 2.75) is 26.8 Å². The lowest BCUT2D eigenvalue weighted by atomic mass is 10.1. The Morgan fingerprint density at radius 1 is 1.32 bits per heavy atom. The van der Waals surface area contributed by atoms with Gasteiger partial charge < -0.3 is 14.8 Å². The van der Waals surface area contributed by atoms with Gasteiger partial charge in [-0.15, -0.1) is 0 Å². The Bertz CT molecular complexity index is 485. The molecule has 1 aromatic carbocycles. The topological polar surface area (TPSA) is 98.9 Å². The summed E-state index contributed by atoms with van der Waals surface area (Å²) in [4.78, 5) is 21.0. The predicted octanol–water partition coefficient (Wildman–Crippen LogP) is 2.00. The summed E-state index contributed by atoms with van der Waals surface area (Å²) in [6, 6.07) is 5.46. The number of phosphoric ester groups is 1. The average molecular weight is 287 g/mol. The van der Waals surface area contributed by atoms with Crippen LogP contribution in [0, 0.1) is 12.8 Å². The third-order valence-electron chi connectivity index (χ3n) is 2.44. The highest BCUT2D eigenvalue weighted by Crippen LogP contribution is 2.44. The zero-order valence-electron chi connectivity index (χ0n) is 11.1. The van der Waals surface area contributed by atoms with E-state index in [1.807, 2.05) is 6.92 Å². The minimum Gasteiger partial charge on any atom is -0.395 e. The summed E-state index contributed by atoms with van der Waals surface area (Å²) in [5.41, 5.74) is 6.49. The molecule has 0 saturated heterocycles. The number of carbonyl (C=O) groups excluding carboxylic acids is 1.